The lowest BCUT2D eigenvalue weighted by Gasteiger charge is -2.49. The smallest absolute Gasteiger partial charge is 0.187 e. The monoisotopic (exact) mass is 539 g/mol. The van der Waals surface area contributed by atoms with Gasteiger partial charge in [-0.1, -0.05) is 12.0 Å². The molecule has 37 heavy (non-hydrogen) atoms. The van der Waals surface area contributed by atoms with E-state index in [4.69, 9.17) is 34.0 Å². The van der Waals surface area contributed by atoms with E-state index in [0.29, 0.717) is 0 Å². The maximum atomic E-state index is 10.5. The Hall–Kier alpha value is -1.21. The van der Waals surface area contributed by atoms with E-state index >= 15 is 0 Å². The normalized spacial score (nSPS) is 46.8. The third kappa shape index (κ3) is 7.06. The average Bonchev–Trinajstić information content (AvgIpc) is 2.88. The van der Waals surface area contributed by atoms with Crippen LogP contribution in [0.15, 0.2) is 5.11 Å². The van der Waals surface area contributed by atoms with E-state index in [1.54, 1.807) is 13.8 Å². The molecule has 3 rings (SSSR count). The third-order valence-corrected chi connectivity index (χ3v) is 6.79. The molecule has 16 heteroatoms. The van der Waals surface area contributed by atoms with Gasteiger partial charge < -0.3 is 64.2 Å². The summed E-state index contributed by atoms with van der Waals surface area (Å²) in [4.78, 5) is 2.65. The van der Waals surface area contributed by atoms with Gasteiger partial charge in [0.2, 0.25) is 0 Å². The molecular formula is C21H37N3O13. The summed E-state index contributed by atoms with van der Waals surface area (Å²) in [6.07, 6.45) is -16.0. The van der Waals surface area contributed by atoms with Gasteiger partial charge in [-0.25, -0.2) is 0 Å². The molecule has 6 unspecified atom stereocenters. The van der Waals surface area contributed by atoms with Crippen LogP contribution < -0.4 is 0 Å². The van der Waals surface area contributed by atoms with E-state index in [2.05, 4.69) is 10.0 Å². The molecule has 0 aliphatic carbocycles. The molecule has 214 valence electrons. The number of ether oxygens (including phenoxy) is 6. The van der Waals surface area contributed by atoms with Crippen LogP contribution in [0.5, 0.6) is 0 Å². The van der Waals surface area contributed by atoms with Crippen LogP contribution in [0, 0.1) is 5.92 Å². The fourth-order valence-corrected chi connectivity index (χ4v) is 4.62. The first-order valence-electron chi connectivity index (χ1n) is 12.1. The topological polar surface area (TPSA) is 246 Å². The second-order valence-corrected chi connectivity index (χ2v) is 9.37. The summed E-state index contributed by atoms with van der Waals surface area (Å²) in [5, 5.41) is 73.9. The Kier molecular flexibility index (Phi) is 11.3. The number of hydrogen-bond acceptors (Lipinski definition) is 14. The van der Waals surface area contributed by atoms with Crippen LogP contribution in [0.4, 0.5) is 0 Å². The van der Waals surface area contributed by atoms with Gasteiger partial charge in [0.1, 0.15) is 42.7 Å². The largest absolute Gasteiger partial charge is 0.394 e. The molecule has 0 bridgehead atoms. The van der Waals surface area contributed by atoms with E-state index in [-0.39, 0.29) is 19.6 Å². The number of hydrogen-bond donors (Lipinski definition) is 7. The Morgan fingerprint density at radius 3 is 2.14 bits per heavy atom. The zero-order valence-electron chi connectivity index (χ0n) is 20.5. The molecule has 0 spiro atoms. The number of aliphatic hydroxyl groups excluding tert-OH is 7. The Morgan fingerprint density at radius 2 is 1.51 bits per heavy atom. The average molecular weight is 540 g/mol. The van der Waals surface area contributed by atoms with Crippen molar-refractivity contribution in [3.63, 3.8) is 0 Å². The minimum absolute atomic E-state index is 0.00401. The lowest BCUT2D eigenvalue weighted by atomic mass is 9.91. The van der Waals surface area contributed by atoms with Gasteiger partial charge in [-0.05, 0) is 12.5 Å². The van der Waals surface area contributed by atoms with E-state index in [0.717, 1.165) is 0 Å². The van der Waals surface area contributed by atoms with Gasteiger partial charge in [0, 0.05) is 23.8 Å². The van der Waals surface area contributed by atoms with Crippen molar-refractivity contribution in [2.24, 2.45) is 11.0 Å². The quantitative estimate of drug-likeness (QED) is 0.0638. The number of aliphatic hydroxyl groups is 7. The highest BCUT2D eigenvalue weighted by Crippen LogP contribution is 2.36. The van der Waals surface area contributed by atoms with Crippen LogP contribution in [0.2, 0.25) is 0 Å². The van der Waals surface area contributed by atoms with E-state index < -0.39 is 99.0 Å². The molecule has 16 nitrogen and oxygen atoms in total. The number of rotatable bonds is 10. The minimum atomic E-state index is -1.71. The highest BCUT2D eigenvalue weighted by Gasteiger charge is 2.52. The molecule has 0 radical (unpaired) electrons. The van der Waals surface area contributed by atoms with Gasteiger partial charge in [0.05, 0.1) is 38.1 Å². The van der Waals surface area contributed by atoms with Crippen molar-refractivity contribution in [1.29, 1.82) is 0 Å². The molecule has 7 N–H and O–H groups in total. The standard InChI is InChI=1S/C21H37N3O13/c1-8-18(36-13-5-10(27)14(28)9(2)33-13)19(12(7-26)35-20(8)32-4-3-23-24-22)37-21-17(31)16(30)15(29)11(6-25)34-21/h8-21,25-31H,3-7H2,1-2H3/t8?,9-,10+,11?,12?,13?,14?,15-,16-,17?,18+,19+,20+,21-/m0/s1. The van der Waals surface area contributed by atoms with Crippen molar-refractivity contribution in [3.8, 4) is 0 Å². The lowest BCUT2D eigenvalue weighted by Crippen LogP contribution is -2.64. The van der Waals surface area contributed by atoms with Gasteiger partial charge in [0.25, 0.3) is 0 Å². The fourth-order valence-electron chi connectivity index (χ4n) is 4.62. The first-order chi connectivity index (χ1) is 17.6. The molecule has 0 aromatic rings. The molecule has 3 fully saturated rings. The summed E-state index contributed by atoms with van der Waals surface area (Å²) in [6.45, 7) is 2.03. The van der Waals surface area contributed by atoms with Crippen LogP contribution in [-0.4, -0.2) is 142 Å². The fraction of sp³-hybridized carbons (Fsp3) is 1.00. The third-order valence-electron chi connectivity index (χ3n) is 6.79. The van der Waals surface area contributed by atoms with Crippen molar-refractivity contribution in [3.05, 3.63) is 10.4 Å². The predicted octanol–water partition coefficient (Wildman–Crippen LogP) is -2.91. The summed E-state index contributed by atoms with van der Waals surface area (Å²) < 4.78 is 34.8. The predicted molar refractivity (Wildman–Crippen MR) is 119 cm³/mol. The Labute approximate surface area is 212 Å². The minimum Gasteiger partial charge on any atom is -0.394 e. The molecule has 0 aromatic heterocycles. The maximum Gasteiger partial charge on any atom is 0.187 e. The van der Waals surface area contributed by atoms with Crippen molar-refractivity contribution in [1.82, 2.24) is 0 Å². The van der Waals surface area contributed by atoms with Crippen molar-refractivity contribution >= 4 is 0 Å². The molecule has 0 aromatic carbocycles. The summed E-state index contributed by atoms with van der Waals surface area (Å²) in [7, 11) is 0. The van der Waals surface area contributed by atoms with Crippen LogP contribution in [0.3, 0.4) is 0 Å². The van der Waals surface area contributed by atoms with Crippen molar-refractivity contribution in [2.45, 2.75) is 100 Å². The summed E-state index contributed by atoms with van der Waals surface area (Å²) in [6, 6.07) is 0. The molecule has 14 atom stereocenters. The first-order valence-corrected chi connectivity index (χ1v) is 12.1. The van der Waals surface area contributed by atoms with Gasteiger partial charge in [-0.3, -0.25) is 0 Å². The molecule has 3 aliphatic heterocycles. The molecule has 3 aliphatic rings. The van der Waals surface area contributed by atoms with Gasteiger partial charge in [0.15, 0.2) is 18.9 Å². The van der Waals surface area contributed by atoms with Crippen LogP contribution in [0.1, 0.15) is 20.3 Å². The van der Waals surface area contributed by atoms with E-state index in [1.807, 2.05) is 0 Å². The summed E-state index contributed by atoms with van der Waals surface area (Å²) in [5.41, 5.74) is 8.47. The van der Waals surface area contributed by atoms with E-state index in [1.165, 1.54) is 0 Å². The summed E-state index contributed by atoms with van der Waals surface area (Å²) >= 11 is 0. The van der Waals surface area contributed by atoms with Gasteiger partial charge >= 0.3 is 0 Å². The summed E-state index contributed by atoms with van der Waals surface area (Å²) in [5.74, 6) is -0.619. The van der Waals surface area contributed by atoms with Gasteiger partial charge in [-0.15, -0.1) is 0 Å². The van der Waals surface area contributed by atoms with Crippen LogP contribution in [-0.2, 0) is 28.4 Å². The molecule has 3 saturated heterocycles. The zero-order valence-corrected chi connectivity index (χ0v) is 20.5. The Bertz CT molecular complexity index is 747. The SMILES string of the molecule is CC1[C@H](OCCN=[N+]=[N-])OC(CO)[C@@H](O[C@@H]2OC(CO)[C@H](O)[C@H](O)C2O)[C@@H]1OC1C[C@@H](O)C(O)[C@H](C)O1. The lowest BCUT2D eigenvalue weighted by molar-refractivity contribution is -0.371. The molecule has 0 amide bonds. The van der Waals surface area contributed by atoms with Crippen LogP contribution in [0.25, 0.3) is 10.4 Å². The maximum absolute atomic E-state index is 10.5. The highest BCUT2D eigenvalue weighted by molar-refractivity contribution is 4.94. The Balaban J connectivity index is 1.83. The number of nitrogens with zero attached hydrogens (tertiary/aromatic N) is 3. The second kappa shape index (κ2) is 13.7. The zero-order chi connectivity index (χ0) is 27.3. The first kappa shape index (κ1) is 30.3. The second-order valence-electron chi connectivity index (χ2n) is 9.37. The van der Waals surface area contributed by atoms with E-state index in [9.17, 15) is 35.7 Å². The highest BCUT2D eigenvalue weighted by atomic mass is 16.8. The molecule has 3 heterocycles. The van der Waals surface area contributed by atoms with Crippen molar-refractivity contribution in [2.75, 3.05) is 26.4 Å². The Morgan fingerprint density at radius 1 is 0.838 bits per heavy atom. The van der Waals surface area contributed by atoms with Gasteiger partial charge in [-0.2, -0.15) is 0 Å². The number of azide groups is 1. The molecular weight excluding hydrogens is 502 g/mol. The van der Waals surface area contributed by atoms with Crippen LogP contribution >= 0.6 is 0 Å². The molecule has 0 saturated carbocycles. The van der Waals surface area contributed by atoms with Crippen molar-refractivity contribution < 1.29 is 64.2 Å².